The highest BCUT2D eigenvalue weighted by atomic mass is 32.1. The van der Waals surface area contributed by atoms with E-state index in [9.17, 15) is 14.7 Å². The van der Waals surface area contributed by atoms with E-state index in [2.05, 4.69) is 4.98 Å². The second-order valence-electron chi connectivity index (χ2n) is 7.09. The highest BCUT2D eigenvalue weighted by Gasteiger charge is 2.44. The van der Waals surface area contributed by atoms with Gasteiger partial charge in [-0.15, -0.1) is 11.3 Å². The molecule has 0 spiro atoms. The van der Waals surface area contributed by atoms with Crippen molar-refractivity contribution in [2.24, 2.45) is 0 Å². The number of amides is 1. The van der Waals surface area contributed by atoms with Crippen molar-refractivity contribution < 1.29 is 14.3 Å². The molecule has 0 saturated carbocycles. The van der Waals surface area contributed by atoms with Crippen LogP contribution in [0, 0.1) is 13.8 Å². The Morgan fingerprint density at radius 3 is 2.66 bits per heavy atom. The number of phenols is 1. The van der Waals surface area contributed by atoms with Crippen molar-refractivity contribution in [2.75, 3.05) is 4.90 Å². The summed E-state index contributed by atoms with van der Waals surface area (Å²) in [7, 11) is 0. The van der Waals surface area contributed by atoms with Crippen molar-refractivity contribution in [3.8, 4) is 5.75 Å². The normalized spacial score (nSPS) is 15.9. The molecule has 1 atom stereocenters. The molecule has 2 aromatic carbocycles. The number of nitrogens with zero attached hydrogens (tertiary/aromatic N) is 2. The highest BCUT2D eigenvalue weighted by Crippen LogP contribution is 2.42. The number of carbonyl (C=O) groups is 1. The van der Waals surface area contributed by atoms with Gasteiger partial charge in [0, 0.05) is 11.6 Å². The summed E-state index contributed by atoms with van der Waals surface area (Å²) in [5.74, 6) is -0.339. The lowest BCUT2D eigenvalue weighted by Crippen LogP contribution is -2.29. The first-order valence-corrected chi connectivity index (χ1v) is 9.93. The zero-order valence-electron chi connectivity index (χ0n) is 15.7. The Morgan fingerprint density at radius 1 is 1.14 bits per heavy atom. The summed E-state index contributed by atoms with van der Waals surface area (Å²) in [4.78, 5) is 32.5. The monoisotopic (exact) mass is 404 g/mol. The van der Waals surface area contributed by atoms with Gasteiger partial charge in [0.05, 0.1) is 17.0 Å². The summed E-state index contributed by atoms with van der Waals surface area (Å²) in [6.07, 6.45) is 1.61. The summed E-state index contributed by atoms with van der Waals surface area (Å²) in [6, 6.07) is 9.42. The SMILES string of the molecule is Cc1cc2oc3c(c(=O)c2cc1C)[C@@H](c1cccc(O)c1)N(c1nccs1)C3=O. The van der Waals surface area contributed by atoms with Gasteiger partial charge >= 0.3 is 0 Å². The van der Waals surface area contributed by atoms with Gasteiger partial charge in [0.2, 0.25) is 5.76 Å². The number of aromatic nitrogens is 1. The van der Waals surface area contributed by atoms with E-state index in [1.54, 1.807) is 48.0 Å². The Balaban J connectivity index is 1.85. The van der Waals surface area contributed by atoms with Crippen LogP contribution in [0.3, 0.4) is 0 Å². The van der Waals surface area contributed by atoms with E-state index in [1.807, 2.05) is 13.8 Å². The standard InChI is InChI=1S/C22H16N2O4S/c1-11-8-15-16(9-12(11)2)28-20-17(19(15)26)18(13-4-3-5-14(25)10-13)24(21(20)27)22-23-6-7-29-22/h3-10,18,25H,1-2H3/t18-/m1/s1. The third-order valence-electron chi connectivity index (χ3n) is 5.30. The van der Waals surface area contributed by atoms with Gasteiger partial charge in [-0.25, -0.2) is 4.98 Å². The molecule has 1 N–H and O–H groups in total. The number of rotatable bonds is 2. The van der Waals surface area contributed by atoms with Crippen LogP contribution in [0.2, 0.25) is 0 Å². The lowest BCUT2D eigenvalue weighted by atomic mass is 9.97. The molecule has 4 aromatic rings. The van der Waals surface area contributed by atoms with Gasteiger partial charge in [0.15, 0.2) is 10.6 Å². The highest BCUT2D eigenvalue weighted by molar-refractivity contribution is 7.13. The Labute approximate surface area is 169 Å². The maximum absolute atomic E-state index is 13.5. The molecule has 0 aliphatic carbocycles. The summed E-state index contributed by atoms with van der Waals surface area (Å²) >= 11 is 1.30. The number of anilines is 1. The molecule has 3 heterocycles. The van der Waals surface area contributed by atoms with E-state index < -0.39 is 11.9 Å². The van der Waals surface area contributed by atoms with E-state index in [4.69, 9.17) is 4.42 Å². The minimum atomic E-state index is -0.724. The lowest BCUT2D eigenvalue weighted by molar-refractivity contribution is 0.0971. The Morgan fingerprint density at radius 2 is 1.93 bits per heavy atom. The molecule has 7 heteroatoms. The number of phenolic OH excluding ortho intramolecular Hbond substituents is 1. The number of benzene rings is 2. The van der Waals surface area contributed by atoms with E-state index in [0.717, 1.165) is 11.1 Å². The predicted octanol–water partition coefficient (Wildman–Crippen LogP) is 4.32. The Hall–Kier alpha value is -3.45. The molecular weight excluding hydrogens is 388 g/mol. The topological polar surface area (TPSA) is 83.6 Å². The smallest absolute Gasteiger partial charge is 0.297 e. The molecule has 1 amide bonds. The summed E-state index contributed by atoms with van der Waals surface area (Å²) < 4.78 is 5.97. The summed E-state index contributed by atoms with van der Waals surface area (Å²) in [5.41, 5.74) is 2.98. The lowest BCUT2D eigenvalue weighted by Gasteiger charge is -2.22. The van der Waals surface area contributed by atoms with Crippen molar-refractivity contribution in [2.45, 2.75) is 19.9 Å². The molecule has 2 aromatic heterocycles. The molecule has 1 aliphatic heterocycles. The van der Waals surface area contributed by atoms with Crippen LogP contribution in [-0.2, 0) is 0 Å². The second kappa shape index (κ2) is 6.28. The van der Waals surface area contributed by atoms with Gasteiger partial charge in [-0.05, 0) is 54.8 Å². The van der Waals surface area contributed by atoms with E-state index >= 15 is 0 Å². The molecular formula is C22H16N2O4S. The first kappa shape index (κ1) is 17.6. The number of aromatic hydroxyl groups is 1. The molecule has 5 rings (SSSR count). The van der Waals surface area contributed by atoms with Crippen LogP contribution in [0.25, 0.3) is 11.0 Å². The van der Waals surface area contributed by atoms with Crippen molar-refractivity contribution in [1.82, 2.24) is 4.98 Å². The van der Waals surface area contributed by atoms with Crippen LogP contribution >= 0.6 is 11.3 Å². The largest absolute Gasteiger partial charge is 0.508 e. The number of thiazole rings is 1. The number of carbonyl (C=O) groups excluding carboxylic acids is 1. The van der Waals surface area contributed by atoms with Crippen LogP contribution in [0.15, 0.2) is 57.2 Å². The maximum Gasteiger partial charge on any atom is 0.297 e. The van der Waals surface area contributed by atoms with Crippen molar-refractivity contribution in [3.05, 3.63) is 86.2 Å². The number of hydrogen-bond donors (Lipinski definition) is 1. The van der Waals surface area contributed by atoms with Gasteiger partial charge in [-0.3, -0.25) is 14.5 Å². The molecule has 1 aliphatic rings. The Kier molecular flexibility index (Phi) is 3.82. The first-order valence-electron chi connectivity index (χ1n) is 9.05. The van der Waals surface area contributed by atoms with E-state index in [0.29, 0.717) is 21.7 Å². The Bertz CT molecular complexity index is 1340. The van der Waals surface area contributed by atoms with Crippen LogP contribution in [-0.4, -0.2) is 16.0 Å². The van der Waals surface area contributed by atoms with Gasteiger partial charge in [0.1, 0.15) is 11.3 Å². The van der Waals surface area contributed by atoms with Crippen molar-refractivity contribution in [3.63, 3.8) is 0 Å². The molecule has 0 unspecified atom stereocenters. The molecule has 0 saturated heterocycles. The van der Waals surface area contributed by atoms with Gasteiger partial charge in [-0.2, -0.15) is 0 Å². The zero-order valence-corrected chi connectivity index (χ0v) is 16.5. The van der Waals surface area contributed by atoms with Crippen molar-refractivity contribution >= 4 is 33.3 Å². The van der Waals surface area contributed by atoms with E-state index in [-0.39, 0.29) is 22.5 Å². The van der Waals surface area contributed by atoms with Crippen molar-refractivity contribution in [1.29, 1.82) is 0 Å². The first-order chi connectivity index (χ1) is 14.0. The maximum atomic E-state index is 13.5. The molecule has 144 valence electrons. The van der Waals surface area contributed by atoms with Crippen LogP contribution in [0.1, 0.15) is 38.9 Å². The second-order valence-corrected chi connectivity index (χ2v) is 7.97. The predicted molar refractivity (Wildman–Crippen MR) is 111 cm³/mol. The van der Waals surface area contributed by atoms with Crippen LogP contribution in [0.5, 0.6) is 5.75 Å². The number of hydrogen-bond acceptors (Lipinski definition) is 6. The van der Waals surface area contributed by atoms with Crippen LogP contribution in [0.4, 0.5) is 5.13 Å². The van der Waals surface area contributed by atoms with Gasteiger partial charge in [0.25, 0.3) is 5.91 Å². The fraction of sp³-hybridized carbons (Fsp3) is 0.136. The van der Waals surface area contributed by atoms with Gasteiger partial charge < -0.3 is 9.52 Å². The summed E-state index contributed by atoms with van der Waals surface area (Å²) in [6.45, 7) is 3.86. The fourth-order valence-electron chi connectivity index (χ4n) is 3.77. The quantitative estimate of drug-likeness (QED) is 0.538. The van der Waals surface area contributed by atoms with Gasteiger partial charge in [-0.1, -0.05) is 12.1 Å². The number of aryl methyl sites for hydroxylation is 2. The van der Waals surface area contributed by atoms with E-state index in [1.165, 1.54) is 16.2 Å². The molecule has 29 heavy (non-hydrogen) atoms. The summed E-state index contributed by atoms with van der Waals surface area (Å²) in [5, 5.41) is 12.7. The minimum absolute atomic E-state index is 0.0225. The average Bonchev–Trinajstić information content (AvgIpc) is 3.30. The molecule has 6 nitrogen and oxygen atoms in total. The molecule has 0 radical (unpaired) electrons. The zero-order chi connectivity index (χ0) is 20.3. The third kappa shape index (κ3) is 2.58. The average molecular weight is 404 g/mol. The third-order valence-corrected chi connectivity index (χ3v) is 6.07. The minimum Gasteiger partial charge on any atom is -0.508 e. The number of fused-ring (bicyclic) bond motifs is 2. The fourth-order valence-corrected chi connectivity index (χ4v) is 4.44. The van der Waals surface area contributed by atoms with Crippen LogP contribution < -0.4 is 10.3 Å². The molecule has 0 bridgehead atoms. The molecule has 0 fully saturated rings.